The van der Waals surface area contributed by atoms with E-state index in [1.54, 1.807) is 36.4 Å². The maximum absolute atomic E-state index is 13.4. The van der Waals surface area contributed by atoms with Crippen LogP contribution in [0.15, 0.2) is 75.4 Å². The number of benzene rings is 3. The number of aromatic amines is 1. The van der Waals surface area contributed by atoms with E-state index in [1.807, 2.05) is 24.3 Å². The molecule has 2 N–H and O–H groups in total. The number of aromatic nitrogens is 4. The van der Waals surface area contributed by atoms with Crippen LogP contribution in [0.4, 0.5) is 5.69 Å². The van der Waals surface area contributed by atoms with Gasteiger partial charge in [0.15, 0.2) is 9.84 Å². The number of amides is 1. The molecule has 0 unspecified atom stereocenters. The van der Waals surface area contributed by atoms with Gasteiger partial charge in [0.05, 0.1) is 41.0 Å². The Labute approximate surface area is 217 Å². The Hall–Kier alpha value is -4.16. The molecule has 5 rings (SSSR count). The molecule has 0 fully saturated rings. The molecule has 4 aromatic rings. The van der Waals surface area contributed by atoms with Gasteiger partial charge in [-0.15, -0.1) is 10.2 Å². The number of carbonyl (C=O) groups excluding carboxylic acids is 1. The van der Waals surface area contributed by atoms with E-state index in [1.165, 1.54) is 32.0 Å². The van der Waals surface area contributed by atoms with Gasteiger partial charge in [0.1, 0.15) is 11.5 Å². The smallest absolute Gasteiger partial charge is 0.262 e. The van der Waals surface area contributed by atoms with Crippen molar-refractivity contribution in [1.29, 1.82) is 0 Å². The minimum absolute atomic E-state index is 0.131. The van der Waals surface area contributed by atoms with Gasteiger partial charge < -0.3 is 14.8 Å². The second kappa shape index (κ2) is 10.1. The molecule has 0 spiro atoms. The second-order valence-corrected chi connectivity index (χ2v) is 11.1. The molecule has 3 aromatic carbocycles. The third-order valence-electron chi connectivity index (χ3n) is 5.68. The number of carbonyl (C=O) groups is 1. The van der Waals surface area contributed by atoms with Crippen LogP contribution in [0.25, 0.3) is 17.5 Å². The number of fused-ring (bicyclic) bond motifs is 1. The van der Waals surface area contributed by atoms with Crippen LogP contribution >= 0.6 is 11.8 Å². The fourth-order valence-corrected chi connectivity index (χ4v) is 6.30. The monoisotopic (exact) mass is 535 g/mol. The summed E-state index contributed by atoms with van der Waals surface area (Å²) in [4.78, 5) is 13.9. The van der Waals surface area contributed by atoms with Gasteiger partial charge in [-0.25, -0.2) is 8.42 Å². The maximum Gasteiger partial charge on any atom is 0.262 e. The minimum atomic E-state index is -3.75. The fourth-order valence-electron chi connectivity index (χ4n) is 3.84. The molecule has 0 radical (unpaired) electrons. The minimum Gasteiger partial charge on any atom is -0.496 e. The van der Waals surface area contributed by atoms with E-state index in [0.717, 1.165) is 11.1 Å². The Kier molecular flexibility index (Phi) is 6.68. The lowest BCUT2D eigenvalue weighted by Gasteiger charge is -2.20. The number of H-pyrrole nitrogens is 1. The Morgan fingerprint density at radius 2 is 1.73 bits per heavy atom. The molecule has 1 aliphatic rings. The lowest BCUT2D eigenvalue weighted by atomic mass is 10.1. The number of rotatable bonds is 7. The first kappa shape index (κ1) is 24.5. The van der Waals surface area contributed by atoms with Gasteiger partial charge in [-0.05, 0) is 47.2 Å². The third-order valence-corrected chi connectivity index (χ3v) is 8.40. The summed E-state index contributed by atoms with van der Waals surface area (Å²) >= 11 is 1.21. The lowest BCUT2D eigenvalue weighted by molar-refractivity contribution is -0.112. The number of ether oxygens (including phenoxy) is 2. The van der Waals surface area contributed by atoms with E-state index in [-0.39, 0.29) is 16.6 Å². The van der Waals surface area contributed by atoms with Gasteiger partial charge >= 0.3 is 0 Å². The summed E-state index contributed by atoms with van der Waals surface area (Å²) in [6.45, 7) is 0. The molecule has 0 bridgehead atoms. The first-order valence-corrected chi connectivity index (χ1v) is 13.5. The van der Waals surface area contributed by atoms with Crippen molar-refractivity contribution in [3.8, 4) is 22.9 Å². The number of nitrogens with zero attached hydrogens (tertiary/aromatic N) is 3. The number of nitrogens with one attached hydrogen (secondary N) is 2. The van der Waals surface area contributed by atoms with Gasteiger partial charge in [-0.3, -0.25) is 4.79 Å². The summed E-state index contributed by atoms with van der Waals surface area (Å²) in [6, 6.07) is 17.1. The summed E-state index contributed by atoms with van der Waals surface area (Å²) in [6.07, 6.45) is 1.74. The van der Waals surface area contributed by atoms with Crippen molar-refractivity contribution < 1.29 is 22.7 Å². The molecule has 0 atom stereocenters. The molecule has 10 nitrogen and oxygen atoms in total. The average Bonchev–Trinajstić information content (AvgIpc) is 3.44. The Morgan fingerprint density at radius 1 is 1.00 bits per heavy atom. The highest BCUT2D eigenvalue weighted by molar-refractivity contribution is 8.04. The number of thioether (sulfide) groups is 1. The molecule has 37 heavy (non-hydrogen) atoms. The third kappa shape index (κ3) is 5.06. The van der Waals surface area contributed by atoms with Gasteiger partial charge in [0.25, 0.3) is 5.91 Å². The van der Waals surface area contributed by atoms with Crippen molar-refractivity contribution in [2.24, 2.45) is 0 Å². The average molecular weight is 536 g/mol. The van der Waals surface area contributed by atoms with Crippen LogP contribution in [-0.4, -0.2) is 49.2 Å². The number of hydrogen-bond donors (Lipinski definition) is 2. The molecule has 1 aliphatic heterocycles. The molecular formula is C25H21N5O5S2. The van der Waals surface area contributed by atoms with E-state index >= 15 is 0 Å². The number of hydrogen-bond acceptors (Lipinski definition) is 9. The van der Waals surface area contributed by atoms with E-state index in [2.05, 4.69) is 25.9 Å². The predicted octanol–water partition coefficient (Wildman–Crippen LogP) is 3.94. The lowest BCUT2D eigenvalue weighted by Crippen LogP contribution is -2.17. The summed E-state index contributed by atoms with van der Waals surface area (Å²) in [5, 5.41) is 16.7. The summed E-state index contributed by atoms with van der Waals surface area (Å²) in [5.41, 5.74) is 2.56. The zero-order chi connectivity index (χ0) is 26.0. The van der Waals surface area contributed by atoms with Crippen LogP contribution in [0.3, 0.4) is 0 Å². The fraction of sp³-hybridized carbons (Fsp3) is 0.120. The van der Waals surface area contributed by atoms with E-state index in [9.17, 15) is 13.2 Å². The second-order valence-electron chi connectivity index (χ2n) is 7.98. The van der Waals surface area contributed by atoms with Crippen molar-refractivity contribution in [2.75, 3.05) is 19.5 Å². The highest BCUT2D eigenvalue weighted by Gasteiger charge is 2.26. The van der Waals surface area contributed by atoms with Crippen molar-refractivity contribution in [3.63, 3.8) is 0 Å². The number of tetrazole rings is 1. The summed E-state index contributed by atoms with van der Waals surface area (Å²) < 4.78 is 37.4. The highest BCUT2D eigenvalue weighted by atomic mass is 32.2. The van der Waals surface area contributed by atoms with Crippen LogP contribution in [0, 0.1) is 0 Å². The molecule has 2 heterocycles. The Bertz CT molecular complexity index is 1580. The maximum atomic E-state index is 13.4. The van der Waals surface area contributed by atoms with Crippen molar-refractivity contribution >= 4 is 39.3 Å². The van der Waals surface area contributed by atoms with Crippen molar-refractivity contribution in [1.82, 2.24) is 20.6 Å². The highest BCUT2D eigenvalue weighted by Crippen LogP contribution is 2.41. The van der Waals surface area contributed by atoms with Crippen LogP contribution in [0.5, 0.6) is 11.5 Å². The Morgan fingerprint density at radius 3 is 2.38 bits per heavy atom. The normalized spacial score (nSPS) is 14.2. The van der Waals surface area contributed by atoms with Crippen LogP contribution in [0.1, 0.15) is 11.1 Å². The largest absolute Gasteiger partial charge is 0.496 e. The number of anilines is 1. The molecule has 0 saturated carbocycles. The Balaban J connectivity index is 1.42. The molecule has 1 amide bonds. The van der Waals surface area contributed by atoms with E-state index in [4.69, 9.17) is 9.47 Å². The van der Waals surface area contributed by atoms with Gasteiger partial charge in [-0.2, -0.15) is 5.21 Å². The molecule has 12 heteroatoms. The van der Waals surface area contributed by atoms with Crippen molar-refractivity contribution in [2.45, 2.75) is 15.5 Å². The first-order chi connectivity index (χ1) is 17.9. The zero-order valence-electron chi connectivity index (χ0n) is 19.8. The molecular weight excluding hydrogens is 514 g/mol. The molecule has 188 valence electrons. The van der Waals surface area contributed by atoms with E-state index < -0.39 is 9.84 Å². The standard InChI is InChI=1S/C25H21N5O5S2/c1-34-20-4-3-5-21(35-2)18(20)14-37(32,33)17-10-11-19-22(13-17)36-23(25(31)26-19)12-15-6-8-16(9-7-15)24-27-29-30-28-24/h3-13H,14H2,1-2H3,(H,26,31)(H,27,28,29,30). The predicted molar refractivity (Wildman–Crippen MR) is 139 cm³/mol. The van der Waals surface area contributed by atoms with Crippen LogP contribution in [0.2, 0.25) is 0 Å². The van der Waals surface area contributed by atoms with E-state index in [0.29, 0.717) is 38.4 Å². The first-order valence-electron chi connectivity index (χ1n) is 11.0. The zero-order valence-corrected chi connectivity index (χ0v) is 21.4. The number of methoxy groups -OCH3 is 2. The molecule has 1 aromatic heterocycles. The SMILES string of the molecule is COc1cccc(OC)c1CS(=O)(=O)c1ccc2c(c1)SC(=Cc1ccc(-c3nn[nH]n3)cc1)C(=O)N2. The van der Waals surface area contributed by atoms with Crippen molar-refractivity contribution in [3.05, 3.63) is 76.7 Å². The summed E-state index contributed by atoms with van der Waals surface area (Å²) in [7, 11) is -0.789. The topological polar surface area (TPSA) is 136 Å². The van der Waals surface area contributed by atoms with Gasteiger partial charge in [0.2, 0.25) is 5.82 Å². The van der Waals surface area contributed by atoms with Gasteiger partial charge in [0, 0.05) is 10.5 Å². The number of sulfone groups is 1. The summed E-state index contributed by atoms with van der Waals surface area (Å²) in [5.74, 6) is 0.758. The van der Waals surface area contributed by atoms with Crippen LogP contribution < -0.4 is 14.8 Å². The molecule has 0 aliphatic carbocycles. The quantitative estimate of drug-likeness (QED) is 0.337. The molecule has 0 saturated heterocycles. The van der Waals surface area contributed by atoms with Crippen LogP contribution in [-0.2, 0) is 20.4 Å². The van der Waals surface area contributed by atoms with Gasteiger partial charge in [-0.1, -0.05) is 42.1 Å².